The second-order valence-electron chi connectivity index (χ2n) is 10.9. The minimum Gasteiger partial charge on any atom is -0.481 e. The molecule has 0 amide bonds. The van der Waals surface area contributed by atoms with Crippen molar-refractivity contribution in [3.8, 4) is 22.9 Å². The quantitative estimate of drug-likeness (QED) is 0.252. The first-order valence-corrected chi connectivity index (χ1v) is 15.1. The molecule has 0 spiro atoms. The molecule has 3 aromatic rings. The standard InChI is InChI=1S/C30H36Cl2N6O4.ClH/c31-23-14-22(15-24(32)16-23)27-11-21(19-37-6-1-20(2-7-37)13-29(40)41)12-28(36-27)42-26-17-34-30(35-18-26)38-8-3-25(4-9-38)33-5-10-39;/h11-12,14-18,20,25,33,39H,1-10,13,19H2,(H,40,41);1H. The molecule has 4 heterocycles. The largest absolute Gasteiger partial charge is 0.481 e. The van der Waals surface area contributed by atoms with Gasteiger partial charge in [0.15, 0.2) is 5.75 Å². The van der Waals surface area contributed by atoms with Gasteiger partial charge in [-0.2, -0.15) is 0 Å². The number of nitrogens with one attached hydrogen (secondary N) is 1. The van der Waals surface area contributed by atoms with E-state index in [4.69, 9.17) is 43.1 Å². The number of carbonyl (C=O) groups is 1. The summed E-state index contributed by atoms with van der Waals surface area (Å²) in [6, 6.07) is 9.65. The molecule has 232 valence electrons. The number of anilines is 1. The molecule has 1 aromatic carbocycles. The van der Waals surface area contributed by atoms with Crippen LogP contribution >= 0.6 is 35.6 Å². The molecule has 2 fully saturated rings. The maximum absolute atomic E-state index is 11.1. The summed E-state index contributed by atoms with van der Waals surface area (Å²) < 4.78 is 6.16. The normalized spacial score (nSPS) is 16.6. The summed E-state index contributed by atoms with van der Waals surface area (Å²) in [5, 5.41) is 22.6. The Kier molecular flexibility index (Phi) is 12.2. The van der Waals surface area contributed by atoms with E-state index in [0.29, 0.717) is 52.4 Å². The third-order valence-electron chi connectivity index (χ3n) is 7.76. The van der Waals surface area contributed by atoms with Crippen LogP contribution in [0.3, 0.4) is 0 Å². The van der Waals surface area contributed by atoms with Crippen LogP contribution in [0.15, 0.2) is 42.7 Å². The Labute approximate surface area is 267 Å². The lowest BCUT2D eigenvalue weighted by molar-refractivity contribution is -0.138. The molecule has 2 aliphatic heterocycles. The third kappa shape index (κ3) is 9.63. The summed E-state index contributed by atoms with van der Waals surface area (Å²) in [6.07, 6.45) is 7.20. The summed E-state index contributed by atoms with van der Waals surface area (Å²) in [7, 11) is 0. The number of hydrogen-bond donors (Lipinski definition) is 3. The van der Waals surface area contributed by atoms with Gasteiger partial charge < -0.3 is 25.2 Å². The highest BCUT2D eigenvalue weighted by Gasteiger charge is 2.23. The van der Waals surface area contributed by atoms with Crippen LogP contribution in [0.2, 0.25) is 10.0 Å². The monoisotopic (exact) mass is 650 g/mol. The number of aromatic nitrogens is 3. The molecule has 0 atom stereocenters. The number of likely N-dealkylation sites (tertiary alicyclic amines) is 1. The van der Waals surface area contributed by atoms with Gasteiger partial charge in [0.05, 0.1) is 24.7 Å². The number of carboxylic acid groups (broad SMARTS) is 1. The van der Waals surface area contributed by atoms with Gasteiger partial charge in [-0.15, -0.1) is 12.4 Å². The predicted octanol–water partition coefficient (Wildman–Crippen LogP) is 5.30. The SMILES string of the molecule is Cl.O=C(O)CC1CCN(Cc2cc(Oc3cnc(N4CCC(NCCO)CC4)nc3)nc(-c3cc(Cl)cc(Cl)c3)c2)CC1. The van der Waals surface area contributed by atoms with Crippen molar-refractivity contribution in [2.45, 2.75) is 44.7 Å². The molecule has 2 aliphatic rings. The number of aliphatic carboxylic acids is 1. The summed E-state index contributed by atoms with van der Waals surface area (Å²) >= 11 is 12.6. The number of aliphatic hydroxyl groups excluding tert-OH is 1. The van der Waals surface area contributed by atoms with Gasteiger partial charge in [-0.25, -0.2) is 15.0 Å². The number of benzene rings is 1. The van der Waals surface area contributed by atoms with Gasteiger partial charge in [0.2, 0.25) is 11.8 Å². The molecule has 0 unspecified atom stereocenters. The maximum atomic E-state index is 11.1. The highest BCUT2D eigenvalue weighted by atomic mass is 35.5. The average molecular weight is 652 g/mol. The van der Waals surface area contributed by atoms with E-state index >= 15 is 0 Å². The van der Waals surface area contributed by atoms with E-state index in [9.17, 15) is 4.79 Å². The second-order valence-corrected chi connectivity index (χ2v) is 11.8. The number of hydrogen-bond acceptors (Lipinski definition) is 9. The highest BCUT2D eigenvalue weighted by Crippen LogP contribution is 2.31. The number of rotatable bonds is 11. The molecule has 0 saturated carbocycles. The van der Waals surface area contributed by atoms with Crippen molar-refractivity contribution >= 4 is 47.5 Å². The third-order valence-corrected chi connectivity index (χ3v) is 8.19. The fourth-order valence-corrected chi connectivity index (χ4v) is 6.13. The Bertz CT molecular complexity index is 1330. The Morgan fingerprint density at radius 2 is 1.65 bits per heavy atom. The fraction of sp³-hybridized carbons (Fsp3) is 0.467. The Morgan fingerprint density at radius 3 is 2.28 bits per heavy atom. The van der Waals surface area contributed by atoms with Gasteiger partial charge in [-0.1, -0.05) is 23.2 Å². The summed E-state index contributed by atoms with van der Waals surface area (Å²) in [4.78, 5) is 29.4. The lowest BCUT2D eigenvalue weighted by Crippen LogP contribution is -2.43. The zero-order valence-corrected chi connectivity index (χ0v) is 26.1. The zero-order chi connectivity index (χ0) is 29.5. The van der Waals surface area contributed by atoms with Crippen molar-refractivity contribution in [2.75, 3.05) is 44.2 Å². The van der Waals surface area contributed by atoms with Crippen LogP contribution in [0.25, 0.3) is 11.3 Å². The number of halogens is 3. The number of ether oxygens (including phenoxy) is 1. The van der Waals surface area contributed by atoms with Crippen LogP contribution in [0.5, 0.6) is 11.6 Å². The van der Waals surface area contributed by atoms with E-state index in [1.165, 1.54) is 0 Å². The fourth-order valence-electron chi connectivity index (χ4n) is 5.60. The minimum atomic E-state index is -0.734. The number of aliphatic hydroxyl groups is 1. The number of piperidine rings is 2. The van der Waals surface area contributed by atoms with E-state index in [0.717, 1.165) is 63.0 Å². The van der Waals surface area contributed by atoms with Gasteiger partial charge in [0, 0.05) is 60.3 Å². The van der Waals surface area contributed by atoms with Crippen molar-refractivity contribution in [1.29, 1.82) is 0 Å². The first-order chi connectivity index (χ1) is 20.3. The molecule has 0 aliphatic carbocycles. The maximum Gasteiger partial charge on any atom is 0.303 e. The van der Waals surface area contributed by atoms with Crippen LogP contribution in [0.1, 0.15) is 37.7 Å². The van der Waals surface area contributed by atoms with Gasteiger partial charge in [0.25, 0.3) is 0 Å². The Morgan fingerprint density at radius 1 is 0.977 bits per heavy atom. The molecule has 3 N–H and O–H groups in total. The number of carboxylic acids is 1. The molecule has 2 aromatic heterocycles. The van der Waals surface area contributed by atoms with Crippen molar-refractivity contribution in [3.63, 3.8) is 0 Å². The molecular weight excluding hydrogens is 615 g/mol. The summed E-state index contributed by atoms with van der Waals surface area (Å²) in [6.45, 7) is 4.78. The lowest BCUT2D eigenvalue weighted by Gasteiger charge is -2.32. The van der Waals surface area contributed by atoms with E-state index < -0.39 is 5.97 Å². The lowest BCUT2D eigenvalue weighted by atomic mass is 9.93. The van der Waals surface area contributed by atoms with Crippen LogP contribution < -0.4 is 15.0 Å². The van der Waals surface area contributed by atoms with E-state index in [1.54, 1.807) is 18.5 Å². The van der Waals surface area contributed by atoms with Crippen molar-refractivity contribution in [1.82, 2.24) is 25.2 Å². The van der Waals surface area contributed by atoms with E-state index in [-0.39, 0.29) is 31.4 Å². The topological polar surface area (TPSA) is 124 Å². The first-order valence-electron chi connectivity index (χ1n) is 14.4. The molecule has 0 radical (unpaired) electrons. The molecule has 13 heteroatoms. The van der Waals surface area contributed by atoms with Crippen molar-refractivity contribution in [2.24, 2.45) is 5.92 Å². The predicted molar refractivity (Wildman–Crippen MR) is 170 cm³/mol. The van der Waals surface area contributed by atoms with Crippen LogP contribution in [-0.2, 0) is 11.3 Å². The number of nitrogens with zero attached hydrogens (tertiary/aromatic N) is 5. The zero-order valence-electron chi connectivity index (χ0n) is 23.8. The summed E-state index contributed by atoms with van der Waals surface area (Å²) in [5.41, 5.74) is 2.48. The molecule has 10 nitrogen and oxygen atoms in total. The van der Waals surface area contributed by atoms with Gasteiger partial charge in [0.1, 0.15) is 0 Å². The van der Waals surface area contributed by atoms with Crippen LogP contribution in [-0.4, -0.2) is 81.4 Å². The van der Waals surface area contributed by atoms with Gasteiger partial charge in [-0.05, 0) is 74.5 Å². The number of pyridine rings is 1. The second kappa shape index (κ2) is 15.8. The van der Waals surface area contributed by atoms with Crippen molar-refractivity contribution in [3.05, 3.63) is 58.3 Å². The average Bonchev–Trinajstić information content (AvgIpc) is 2.97. The van der Waals surface area contributed by atoms with Gasteiger partial charge in [-0.3, -0.25) is 9.69 Å². The van der Waals surface area contributed by atoms with Crippen LogP contribution in [0, 0.1) is 5.92 Å². The Hall–Kier alpha value is -2.73. The van der Waals surface area contributed by atoms with Crippen molar-refractivity contribution < 1.29 is 19.7 Å². The van der Waals surface area contributed by atoms with E-state index in [1.807, 2.05) is 24.3 Å². The Balaban J connectivity index is 0.00000423. The minimum absolute atomic E-state index is 0. The van der Waals surface area contributed by atoms with E-state index in [2.05, 4.69) is 25.1 Å². The molecule has 5 rings (SSSR count). The summed E-state index contributed by atoms with van der Waals surface area (Å²) in [5.74, 6) is 1.03. The van der Waals surface area contributed by atoms with Gasteiger partial charge >= 0.3 is 5.97 Å². The molecule has 0 bridgehead atoms. The molecule has 2 saturated heterocycles. The first kappa shape index (κ1) is 33.2. The molecule has 43 heavy (non-hydrogen) atoms. The highest BCUT2D eigenvalue weighted by molar-refractivity contribution is 6.35. The van der Waals surface area contributed by atoms with Crippen LogP contribution in [0.4, 0.5) is 5.95 Å². The molecular formula is C30H37Cl3N6O4. The smallest absolute Gasteiger partial charge is 0.303 e.